The Balaban J connectivity index is 2.06. The average Bonchev–Trinajstić information content (AvgIpc) is 3.13. The van der Waals surface area contributed by atoms with E-state index in [4.69, 9.17) is 17.3 Å². The molecular weight excluding hydrogens is 344 g/mol. The summed E-state index contributed by atoms with van der Waals surface area (Å²) in [6, 6.07) is 9.42. The molecule has 1 atom stereocenters. The SMILES string of the molecule is Cc1nn(-c2cccc(Cl)c2)c2sc(C(=O)N(C)C(C)CN)cc12. The fraction of sp³-hybridized carbons (Fsp3) is 0.294. The second-order valence-corrected chi connectivity index (χ2v) is 7.27. The van der Waals surface area contributed by atoms with Crippen molar-refractivity contribution in [1.29, 1.82) is 0 Å². The van der Waals surface area contributed by atoms with Crippen LogP contribution in [-0.4, -0.2) is 40.2 Å². The van der Waals surface area contributed by atoms with Gasteiger partial charge in [-0.05, 0) is 38.1 Å². The van der Waals surface area contributed by atoms with E-state index >= 15 is 0 Å². The van der Waals surface area contributed by atoms with E-state index in [9.17, 15) is 4.79 Å². The third kappa shape index (κ3) is 2.92. The molecule has 0 saturated carbocycles. The molecule has 0 aliphatic rings. The van der Waals surface area contributed by atoms with Gasteiger partial charge in [-0.1, -0.05) is 17.7 Å². The Morgan fingerprint density at radius 1 is 1.46 bits per heavy atom. The van der Waals surface area contributed by atoms with Gasteiger partial charge in [-0.25, -0.2) is 4.68 Å². The molecule has 126 valence electrons. The normalized spacial score (nSPS) is 12.5. The van der Waals surface area contributed by atoms with Crippen molar-refractivity contribution >= 4 is 39.1 Å². The topological polar surface area (TPSA) is 64.2 Å². The van der Waals surface area contributed by atoms with Gasteiger partial charge >= 0.3 is 0 Å². The summed E-state index contributed by atoms with van der Waals surface area (Å²) in [5, 5.41) is 6.22. The molecule has 1 unspecified atom stereocenters. The summed E-state index contributed by atoms with van der Waals surface area (Å²) in [5.74, 6) is -0.0220. The van der Waals surface area contributed by atoms with Gasteiger partial charge in [0.15, 0.2) is 0 Å². The number of hydrogen-bond donors (Lipinski definition) is 1. The number of rotatable bonds is 4. The molecule has 0 saturated heterocycles. The van der Waals surface area contributed by atoms with Crippen molar-refractivity contribution < 1.29 is 4.79 Å². The van der Waals surface area contributed by atoms with Crippen molar-refractivity contribution in [3.05, 3.63) is 45.9 Å². The summed E-state index contributed by atoms with van der Waals surface area (Å²) in [5.41, 5.74) is 7.43. The van der Waals surface area contributed by atoms with Crippen molar-refractivity contribution in [2.75, 3.05) is 13.6 Å². The van der Waals surface area contributed by atoms with Gasteiger partial charge in [0.05, 0.1) is 16.3 Å². The lowest BCUT2D eigenvalue weighted by molar-refractivity contribution is 0.0753. The standard InChI is InChI=1S/C17H19ClN4OS/c1-10(9-19)21(3)16(23)15-8-14-11(2)20-22(17(14)24-15)13-6-4-5-12(18)7-13/h4-8,10H,9,19H2,1-3H3. The lowest BCUT2D eigenvalue weighted by Gasteiger charge is -2.22. The molecule has 24 heavy (non-hydrogen) atoms. The van der Waals surface area contributed by atoms with Gasteiger partial charge in [0.1, 0.15) is 4.83 Å². The Bertz CT molecular complexity index is 901. The predicted molar refractivity (Wildman–Crippen MR) is 99.3 cm³/mol. The molecule has 3 rings (SSSR count). The number of amides is 1. The molecule has 0 fully saturated rings. The molecule has 7 heteroatoms. The Hall–Kier alpha value is -1.89. The van der Waals surface area contributed by atoms with Crippen molar-refractivity contribution in [1.82, 2.24) is 14.7 Å². The molecule has 0 radical (unpaired) electrons. The highest BCUT2D eigenvalue weighted by molar-refractivity contribution is 7.20. The number of carbonyl (C=O) groups is 1. The first-order valence-corrected chi connectivity index (χ1v) is 8.84. The van der Waals surface area contributed by atoms with Crippen LogP contribution < -0.4 is 5.73 Å². The van der Waals surface area contributed by atoms with Crippen LogP contribution in [0.5, 0.6) is 0 Å². The fourth-order valence-corrected chi connectivity index (χ4v) is 3.82. The third-order valence-electron chi connectivity index (χ3n) is 4.13. The number of likely N-dealkylation sites (N-methyl/N-ethyl adjacent to an activating group) is 1. The number of halogens is 1. The molecule has 5 nitrogen and oxygen atoms in total. The van der Waals surface area contributed by atoms with E-state index in [2.05, 4.69) is 5.10 Å². The van der Waals surface area contributed by atoms with Crippen LogP contribution in [0.15, 0.2) is 30.3 Å². The van der Waals surface area contributed by atoms with Crippen LogP contribution in [0.1, 0.15) is 22.3 Å². The van der Waals surface area contributed by atoms with Crippen molar-refractivity contribution in [2.45, 2.75) is 19.9 Å². The van der Waals surface area contributed by atoms with Crippen molar-refractivity contribution in [3.8, 4) is 5.69 Å². The van der Waals surface area contributed by atoms with Gasteiger partial charge in [-0.2, -0.15) is 5.10 Å². The summed E-state index contributed by atoms with van der Waals surface area (Å²) in [6.07, 6.45) is 0. The van der Waals surface area contributed by atoms with E-state index in [0.29, 0.717) is 16.4 Å². The highest BCUT2D eigenvalue weighted by atomic mass is 35.5. The largest absolute Gasteiger partial charge is 0.337 e. The Labute approximate surface area is 149 Å². The first-order valence-electron chi connectivity index (χ1n) is 7.64. The molecule has 1 amide bonds. The maximum atomic E-state index is 12.7. The average molecular weight is 363 g/mol. The monoisotopic (exact) mass is 362 g/mol. The van der Waals surface area contributed by atoms with Crippen LogP contribution >= 0.6 is 22.9 Å². The molecule has 3 aromatic rings. The smallest absolute Gasteiger partial charge is 0.264 e. The minimum atomic E-state index is -0.0220. The molecule has 2 N–H and O–H groups in total. The van der Waals surface area contributed by atoms with E-state index in [-0.39, 0.29) is 11.9 Å². The van der Waals surface area contributed by atoms with Gasteiger partial charge in [-0.15, -0.1) is 11.3 Å². The zero-order valence-electron chi connectivity index (χ0n) is 13.8. The first kappa shape index (κ1) is 17.0. The molecule has 2 aromatic heterocycles. The Kier molecular flexibility index (Phi) is 4.62. The lowest BCUT2D eigenvalue weighted by Crippen LogP contribution is -2.39. The molecule has 0 aliphatic carbocycles. The lowest BCUT2D eigenvalue weighted by atomic mass is 10.2. The number of aryl methyl sites for hydroxylation is 1. The number of thiophene rings is 1. The van der Waals surface area contributed by atoms with Gasteiger partial charge in [0.2, 0.25) is 0 Å². The van der Waals surface area contributed by atoms with E-state index < -0.39 is 0 Å². The number of hydrogen-bond acceptors (Lipinski definition) is 4. The maximum Gasteiger partial charge on any atom is 0.264 e. The minimum Gasteiger partial charge on any atom is -0.337 e. The van der Waals surface area contributed by atoms with Gasteiger partial charge in [0, 0.05) is 30.0 Å². The molecule has 0 spiro atoms. The summed E-state index contributed by atoms with van der Waals surface area (Å²) in [6.45, 7) is 4.31. The van der Waals surface area contributed by atoms with Crippen LogP contribution in [0.3, 0.4) is 0 Å². The summed E-state index contributed by atoms with van der Waals surface area (Å²) >= 11 is 7.53. The minimum absolute atomic E-state index is 0.00626. The molecular formula is C17H19ClN4OS. The highest BCUT2D eigenvalue weighted by Crippen LogP contribution is 2.31. The van der Waals surface area contributed by atoms with Crippen LogP contribution in [0.4, 0.5) is 0 Å². The Morgan fingerprint density at radius 2 is 2.21 bits per heavy atom. The van der Waals surface area contributed by atoms with E-state index in [0.717, 1.165) is 21.6 Å². The zero-order chi connectivity index (χ0) is 17.4. The quantitative estimate of drug-likeness (QED) is 0.772. The second kappa shape index (κ2) is 6.55. The first-order chi connectivity index (χ1) is 11.4. The van der Waals surface area contributed by atoms with Crippen LogP contribution in [0.2, 0.25) is 5.02 Å². The van der Waals surface area contributed by atoms with Crippen LogP contribution in [0, 0.1) is 6.92 Å². The highest BCUT2D eigenvalue weighted by Gasteiger charge is 2.21. The number of aromatic nitrogens is 2. The molecule has 0 aliphatic heterocycles. The summed E-state index contributed by atoms with van der Waals surface area (Å²) in [7, 11) is 1.78. The van der Waals surface area contributed by atoms with E-state index in [1.54, 1.807) is 11.9 Å². The number of nitrogens with zero attached hydrogens (tertiary/aromatic N) is 3. The molecule has 2 heterocycles. The second-order valence-electron chi connectivity index (χ2n) is 5.81. The van der Waals surface area contributed by atoms with Crippen LogP contribution in [0.25, 0.3) is 15.9 Å². The van der Waals surface area contributed by atoms with Gasteiger partial charge in [-0.3, -0.25) is 4.79 Å². The number of carbonyl (C=O) groups excluding carboxylic acids is 1. The summed E-state index contributed by atoms with van der Waals surface area (Å²) < 4.78 is 1.84. The van der Waals surface area contributed by atoms with E-state index in [1.165, 1.54) is 11.3 Å². The molecule has 0 bridgehead atoms. The maximum absolute atomic E-state index is 12.7. The number of nitrogens with two attached hydrogens (primary N) is 1. The number of benzene rings is 1. The summed E-state index contributed by atoms with van der Waals surface area (Å²) in [4.78, 5) is 16.0. The van der Waals surface area contributed by atoms with Crippen molar-refractivity contribution in [3.63, 3.8) is 0 Å². The van der Waals surface area contributed by atoms with Crippen molar-refractivity contribution in [2.24, 2.45) is 5.73 Å². The fourth-order valence-electron chi connectivity index (χ4n) is 2.47. The predicted octanol–water partition coefficient (Wildman–Crippen LogP) is 3.47. The molecule has 1 aromatic carbocycles. The zero-order valence-corrected chi connectivity index (χ0v) is 15.4. The van der Waals surface area contributed by atoms with Gasteiger partial charge < -0.3 is 10.6 Å². The third-order valence-corrected chi connectivity index (χ3v) is 5.46. The van der Waals surface area contributed by atoms with Gasteiger partial charge in [0.25, 0.3) is 5.91 Å². The number of fused-ring (bicyclic) bond motifs is 1. The van der Waals surface area contributed by atoms with E-state index in [1.807, 2.05) is 48.9 Å². The van der Waals surface area contributed by atoms with Crippen LogP contribution in [-0.2, 0) is 0 Å². The Morgan fingerprint density at radius 3 is 2.88 bits per heavy atom.